The molecule has 4 heterocycles. The molecule has 1 saturated heterocycles. The van der Waals surface area contributed by atoms with Crippen molar-refractivity contribution < 1.29 is 31.9 Å². The number of ether oxygens (including phenoxy) is 2. The average molecular weight is 708 g/mol. The first-order chi connectivity index (χ1) is 23.9. The fourth-order valence-electron chi connectivity index (χ4n) is 7.34. The Morgan fingerprint density at radius 2 is 1.74 bits per heavy atom. The molecule has 3 aliphatic rings. The van der Waals surface area contributed by atoms with E-state index >= 15 is 0 Å². The Morgan fingerprint density at radius 1 is 1.02 bits per heavy atom. The highest BCUT2D eigenvalue weighted by Gasteiger charge is 2.40. The van der Waals surface area contributed by atoms with Gasteiger partial charge in [0, 0.05) is 61.1 Å². The molecule has 2 aliphatic carbocycles. The van der Waals surface area contributed by atoms with Crippen LogP contribution in [-0.2, 0) is 19.4 Å². The lowest BCUT2D eigenvalue weighted by Crippen LogP contribution is -2.57. The summed E-state index contributed by atoms with van der Waals surface area (Å²) in [5, 5.41) is -0.526. The molecule has 270 valence electrons. The number of methoxy groups -OCH3 is 1. The van der Waals surface area contributed by atoms with E-state index in [-0.39, 0.29) is 36.9 Å². The number of rotatable bonds is 10. The standard InChI is InChI=1S/C37H49N5O7S/c1-23(2)35-40-32(22-48-35)28-16-17-38-34(18-28)42(19-25-6-8-26(9-7-25)31-14-15-33(47-4)24(3)39-31)36(43)27-10-12-29(13-11-27)49-37(44)41-20-30(21-41)50(5,45)46/h14-18,22-23,25-27,29-30H,6-13,19-21H2,1-5H3/t25-,26-,27-,29-. The molecule has 2 saturated carbocycles. The number of pyridine rings is 2. The van der Waals surface area contributed by atoms with Crippen LogP contribution in [0.3, 0.4) is 0 Å². The number of aryl methyl sites for hydroxylation is 1. The van der Waals surface area contributed by atoms with Crippen LogP contribution in [0.4, 0.5) is 10.6 Å². The van der Waals surface area contributed by atoms with Crippen molar-refractivity contribution >= 4 is 27.7 Å². The lowest BCUT2D eigenvalue weighted by Gasteiger charge is -2.39. The number of carbonyl (C=O) groups is 2. The van der Waals surface area contributed by atoms with Crippen LogP contribution in [0.2, 0.25) is 0 Å². The molecular weight excluding hydrogens is 659 g/mol. The molecule has 0 radical (unpaired) electrons. The highest BCUT2D eigenvalue weighted by atomic mass is 32.2. The molecule has 1 aliphatic heterocycles. The van der Waals surface area contributed by atoms with Crippen LogP contribution in [0.15, 0.2) is 41.1 Å². The van der Waals surface area contributed by atoms with E-state index < -0.39 is 21.2 Å². The monoisotopic (exact) mass is 707 g/mol. The highest BCUT2D eigenvalue weighted by molar-refractivity contribution is 7.91. The smallest absolute Gasteiger partial charge is 0.410 e. The minimum absolute atomic E-state index is 0.0377. The van der Waals surface area contributed by atoms with Gasteiger partial charge in [0.1, 0.15) is 29.6 Å². The average Bonchev–Trinajstić information content (AvgIpc) is 3.57. The minimum Gasteiger partial charge on any atom is -0.495 e. The van der Waals surface area contributed by atoms with Gasteiger partial charge in [-0.3, -0.25) is 14.7 Å². The largest absolute Gasteiger partial charge is 0.495 e. The molecule has 0 bridgehead atoms. The molecule has 13 heteroatoms. The van der Waals surface area contributed by atoms with Crippen molar-refractivity contribution in [3.63, 3.8) is 0 Å². The number of aromatic nitrogens is 3. The summed E-state index contributed by atoms with van der Waals surface area (Å²) in [5.41, 5.74) is 3.54. The van der Waals surface area contributed by atoms with Crippen LogP contribution in [-0.4, -0.2) is 84.6 Å². The van der Waals surface area contributed by atoms with E-state index in [4.69, 9.17) is 23.9 Å². The van der Waals surface area contributed by atoms with Gasteiger partial charge in [0.2, 0.25) is 5.91 Å². The molecular formula is C37H49N5O7S. The van der Waals surface area contributed by atoms with Crippen LogP contribution in [0.1, 0.15) is 94.3 Å². The van der Waals surface area contributed by atoms with Gasteiger partial charge in [0.25, 0.3) is 0 Å². The quantitative estimate of drug-likeness (QED) is 0.235. The molecule has 0 atom stereocenters. The zero-order valence-electron chi connectivity index (χ0n) is 29.7. The van der Waals surface area contributed by atoms with Crippen molar-refractivity contribution in [3.8, 4) is 17.0 Å². The third-order valence-corrected chi connectivity index (χ3v) is 12.1. The Hall–Kier alpha value is -4.00. The summed E-state index contributed by atoms with van der Waals surface area (Å²) in [6, 6.07) is 7.88. The van der Waals surface area contributed by atoms with Crippen LogP contribution in [0.5, 0.6) is 5.75 Å². The minimum atomic E-state index is -3.18. The van der Waals surface area contributed by atoms with Gasteiger partial charge < -0.3 is 18.8 Å². The van der Waals surface area contributed by atoms with Crippen LogP contribution in [0, 0.1) is 18.8 Å². The van der Waals surface area contributed by atoms with Crippen LogP contribution in [0.25, 0.3) is 11.3 Å². The molecule has 3 aromatic rings. The van der Waals surface area contributed by atoms with Gasteiger partial charge in [-0.1, -0.05) is 13.8 Å². The Morgan fingerprint density at radius 3 is 2.36 bits per heavy atom. The molecule has 0 aromatic carbocycles. The number of nitrogens with zero attached hydrogens (tertiary/aromatic N) is 5. The molecule has 0 unspecified atom stereocenters. The summed E-state index contributed by atoms with van der Waals surface area (Å²) >= 11 is 0. The van der Waals surface area contributed by atoms with E-state index in [2.05, 4.69) is 11.1 Å². The summed E-state index contributed by atoms with van der Waals surface area (Å²) in [5.74, 6) is 2.70. The Labute approximate surface area is 294 Å². The van der Waals surface area contributed by atoms with Crippen LogP contribution >= 0.6 is 0 Å². The zero-order chi connectivity index (χ0) is 35.6. The Kier molecular flexibility index (Phi) is 10.8. The van der Waals surface area contributed by atoms with E-state index in [1.165, 1.54) is 11.2 Å². The van der Waals surface area contributed by atoms with Gasteiger partial charge in [0.15, 0.2) is 15.7 Å². The molecule has 50 heavy (non-hydrogen) atoms. The SMILES string of the molecule is COc1ccc([C@H]2CC[C@H](CN(c3cc(-c4coc(C(C)C)n4)ccn3)C(=O)[C@H]3CC[C@H](OC(=O)N4CC(S(C)(=O)=O)C4)CC3)CC2)nc1C. The predicted octanol–water partition coefficient (Wildman–Crippen LogP) is 6.30. The van der Waals surface area contributed by atoms with Gasteiger partial charge in [0.05, 0.1) is 18.1 Å². The topological polar surface area (TPSA) is 145 Å². The normalized spacial score (nSPS) is 23.0. The number of anilines is 1. The van der Waals surface area contributed by atoms with E-state index in [0.29, 0.717) is 61.5 Å². The first-order valence-electron chi connectivity index (χ1n) is 17.8. The van der Waals surface area contributed by atoms with Crippen molar-refractivity contribution in [1.82, 2.24) is 19.9 Å². The van der Waals surface area contributed by atoms with Gasteiger partial charge >= 0.3 is 6.09 Å². The van der Waals surface area contributed by atoms with Gasteiger partial charge in [-0.25, -0.2) is 23.2 Å². The maximum Gasteiger partial charge on any atom is 0.410 e. The highest BCUT2D eigenvalue weighted by Crippen LogP contribution is 2.38. The lowest BCUT2D eigenvalue weighted by atomic mass is 9.79. The number of sulfone groups is 1. The second-order valence-electron chi connectivity index (χ2n) is 14.5. The molecule has 2 amide bonds. The predicted molar refractivity (Wildman–Crippen MR) is 189 cm³/mol. The van der Waals surface area contributed by atoms with E-state index in [1.807, 2.05) is 43.9 Å². The molecule has 3 fully saturated rings. The van der Waals surface area contributed by atoms with Gasteiger partial charge in [-0.05, 0) is 88.5 Å². The van der Waals surface area contributed by atoms with Crippen molar-refractivity contribution in [1.29, 1.82) is 0 Å². The second kappa shape index (κ2) is 15.1. The summed E-state index contributed by atoms with van der Waals surface area (Å²) in [6.45, 7) is 6.93. The fourth-order valence-corrected chi connectivity index (χ4v) is 8.24. The van der Waals surface area contributed by atoms with Gasteiger partial charge in [-0.2, -0.15) is 0 Å². The molecule has 0 spiro atoms. The summed E-state index contributed by atoms with van der Waals surface area (Å²) in [7, 11) is -1.52. The Balaban J connectivity index is 1.13. The molecule has 12 nitrogen and oxygen atoms in total. The maximum atomic E-state index is 14.4. The Bertz CT molecular complexity index is 1770. The number of hydrogen-bond donors (Lipinski definition) is 0. The molecule has 3 aromatic heterocycles. The van der Waals surface area contributed by atoms with Crippen molar-refractivity contribution in [3.05, 3.63) is 54.0 Å². The summed E-state index contributed by atoms with van der Waals surface area (Å²) in [4.78, 5) is 44.5. The number of likely N-dealkylation sites (tertiary alicyclic amines) is 1. The zero-order valence-corrected chi connectivity index (χ0v) is 30.5. The van der Waals surface area contributed by atoms with E-state index in [1.54, 1.807) is 19.6 Å². The van der Waals surface area contributed by atoms with Crippen molar-refractivity contribution in [2.75, 3.05) is 37.9 Å². The first-order valence-corrected chi connectivity index (χ1v) is 19.7. The molecule has 6 rings (SSSR count). The number of hydrogen-bond acceptors (Lipinski definition) is 10. The van der Waals surface area contributed by atoms with Crippen LogP contribution < -0.4 is 9.64 Å². The van der Waals surface area contributed by atoms with E-state index in [9.17, 15) is 18.0 Å². The number of amides is 2. The second-order valence-corrected chi connectivity index (χ2v) is 16.9. The third kappa shape index (κ3) is 8.14. The molecule has 0 N–H and O–H groups in total. The number of carbonyl (C=O) groups excluding carboxylic acids is 2. The van der Waals surface area contributed by atoms with Crippen molar-refractivity contribution in [2.45, 2.75) is 95.3 Å². The summed E-state index contributed by atoms with van der Waals surface area (Å²) < 4.78 is 40.3. The lowest BCUT2D eigenvalue weighted by molar-refractivity contribution is -0.124. The van der Waals surface area contributed by atoms with Crippen molar-refractivity contribution in [2.24, 2.45) is 11.8 Å². The van der Waals surface area contributed by atoms with E-state index in [0.717, 1.165) is 48.4 Å². The fraction of sp³-hybridized carbons (Fsp3) is 0.595. The number of oxazole rings is 1. The van der Waals surface area contributed by atoms with Gasteiger partial charge in [-0.15, -0.1) is 0 Å². The first kappa shape index (κ1) is 35.8. The third-order valence-electron chi connectivity index (χ3n) is 10.6. The maximum absolute atomic E-state index is 14.4. The summed E-state index contributed by atoms with van der Waals surface area (Å²) in [6.07, 6.45) is 10.1.